The van der Waals surface area contributed by atoms with Crippen molar-refractivity contribution in [2.24, 2.45) is 23.5 Å². The first kappa shape index (κ1) is 40.6. The fourth-order valence-corrected chi connectivity index (χ4v) is 6.23. The fourth-order valence-electron chi connectivity index (χ4n) is 6.23. The lowest BCUT2D eigenvalue weighted by Crippen LogP contribution is -2.69. The van der Waals surface area contributed by atoms with Gasteiger partial charge in [0.2, 0.25) is 5.91 Å². The van der Waals surface area contributed by atoms with E-state index >= 15 is 9.59 Å². The Morgan fingerprint density at radius 3 is 2.25 bits per heavy atom. The molecule has 3 aromatic carbocycles. The molecule has 0 radical (unpaired) electrons. The number of nitrogens with two attached hydrogens (primary N) is 1. The minimum Gasteiger partial charge on any atom is -0.508 e. The van der Waals surface area contributed by atoms with Crippen molar-refractivity contribution in [2.75, 3.05) is 5.31 Å². The van der Waals surface area contributed by atoms with Gasteiger partial charge in [-0.2, -0.15) is 5.26 Å². The molecular weight excluding hydrogens is 700 g/mol. The van der Waals surface area contributed by atoms with Crippen molar-refractivity contribution >= 4 is 35.6 Å². The lowest BCUT2D eigenvalue weighted by atomic mass is 9.67. The highest BCUT2D eigenvalue weighted by Gasteiger charge is 2.60. The minimum absolute atomic E-state index is 0.148. The third kappa shape index (κ3) is 12.5. The molecule has 1 unspecified atom stereocenters. The number of anilines is 1. The molecule has 0 aliphatic carbocycles. The number of carbonyl (C=O) groups excluding carboxylic acids is 5. The summed E-state index contributed by atoms with van der Waals surface area (Å²) in [5, 5.41) is 22.9. The molecule has 5 N–H and O–H groups in total. The first-order chi connectivity index (χ1) is 26.8. The second kappa shape index (κ2) is 20.2. The Bertz CT molecular complexity index is 1900. The second-order valence-corrected chi connectivity index (χ2v) is 14.9. The van der Waals surface area contributed by atoms with Crippen LogP contribution in [0.3, 0.4) is 0 Å². The van der Waals surface area contributed by atoms with E-state index in [0.717, 1.165) is 12.5 Å². The highest BCUT2D eigenvalue weighted by Crippen LogP contribution is 2.39. The smallest absolute Gasteiger partial charge is 0.328 e. The predicted octanol–water partition coefficient (Wildman–Crippen LogP) is 5.79. The SMILES string of the molecule is [2H]C(=O)C(C[C@@H](C)CCCC)[C@@](C(=O)N[C@@H](C)C(=O)OCc1ccccc1)([C@H](C(=O)OC(C)(C)C)C(=O)[C@@H](N)Cc1ccc(C#N)cc1)N([2H])c1cccc(O)c1. The van der Waals surface area contributed by atoms with Gasteiger partial charge in [0.1, 0.15) is 43.1 Å². The normalized spacial score (nSPS) is 15.6. The van der Waals surface area contributed by atoms with Crippen molar-refractivity contribution in [3.05, 3.63) is 95.6 Å². The third-order valence-electron chi connectivity index (χ3n) is 9.07. The van der Waals surface area contributed by atoms with Gasteiger partial charge >= 0.3 is 11.9 Å². The quantitative estimate of drug-likeness (QED) is 0.0618. The van der Waals surface area contributed by atoms with Crippen molar-refractivity contribution in [3.8, 4) is 11.8 Å². The molecule has 12 heteroatoms. The highest BCUT2D eigenvalue weighted by atomic mass is 16.6. The van der Waals surface area contributed by atoms with Crippen LogP contribution < -0.4 is 16.4 Å². The Hall–Kier alpha value is -5.54. The first-order valence-corrected chi connectivity index (χ1v) is 18.5. The summed E-state index contributed by atoms with van der Waals surface area (Å²) in [6.07, 6.45) is 0.231. The number of ketones is 1. The van der Waals surface area contributed by atoms with Crippen LogP contribution in [0, 0.1) is 29.1 Å². The van der Waals surface area contributed by atoms with E-state index in [1.54, 1.807) is 49.4 Å². The maximum atomic E-state index is 15.4. The number of unbranched alkanes of at least 4 members (excludes halogenated alkanes) is 1. The summed E-state index contributed by atoms with van der Waals surface area (Å²) in [6, 6.07) is 19.1. The topological polar surface area (TPSA) is 198 Å². The number of nitrogens with one attached hydrogen (secondary N) is 2. The standard InChI is InChI=1S/C43H54N4O8/c1-7-8-13-28(2)22-33(26-48)43(47-34-16-12-17-35(49)24-34,41(53)46-29(3)39(51)54-27-32-14-10-9-11-15-32)37(40(52)55-42(4,5)6)38(50)36(45)23-30-18-20-31(25-44)21-19-30/h9-12,14-21,24,26,28-29,33,36-37,47,49H,7-8,13,22-23,27,45H2,1-6H3,(H,46,53)/t28-,29-,33?,36-,37-,43-/m0/s1/i26D/hD. The van der Waals surface area contributed by atoms with Gasteiger partial charge in [-0.25, -0.2) is 4.79 Å². The number of hydrogen-bond donors (Lipinski definition) is 4. The monoisotopic (exact) mass is 756 g/mol. The van der Waals surface area contributed by atoms with E-state index in [0.29, 0.717) is 34.8 Å². The van der Waals surface area contributed by atoms with Gasteiger partial charge in [0.25, 0.3) is 0 Å². The summed E-state index contributed by atoms with van der Waals surface area (Å²) >= 11 is 0. The largest absolute Gasteiger partial charge is 0.508 e. The molecule has 6 atom stereocenters. The van der Waals surface area contributed by atoms with E-state index in [9.17, 15) is 26.2 Å². The number of rotatable bonds is 20. The molecule has 0 saturated heterocycles. The zero-order valence-electron chi connectivity index (χ0n) is 34.4. The predicted molar refractivity (Wildman–Crippen MR) is 208 cm³/mol. The minimum atomic E-state index is -2.94. The molecule has 0 heterocycles. The summed E-state index contributed by atoms with van der Waals surface area (Å²) < 4.78 is 29.7. The van der Waals surface area contributed by atoms with Gasteiger partial charge in [-0.3, -0.25) is 14.4 Å². The molecule has 55 heavy (non-hydrogen) atoms. The number of carbonyl (C=O) groups is 5. The van der Waals surface area contributed by atoms with Crippen molar-refractivity contribution in [1.29, 1.82) is 5.26 Å². The van der Waals surface area contributed by atoms with Gasteiger partial charge in [0.05, 0.1) is 17.7 Å². The van der Waals surface area contributed by atoms with Gasteiger partial charge in [-0.1, -0.05) is 81.6 Å². The molecule has 1 amide bonds. The molecule has 3 rings (SSSR count). The highest BCUT2D eigenvalue weighted by molar-refractivity contribution is 6.11. The van der Waals surface area contributed by atoms with Crippen LogP contribution in [0.25, 0.3) is 0 Å². The van der Waals surface area contributed by atoms with Crippen molar-refractivity contribution in [3.63, 3.8) is 0 Å². The molecule has 0 bridgehead atoms. The number of ether oxygens (including phenoxy) is 2. The van der Waals surface area contributed by atoms with E-state index in [-0.39, 0.29) is 36.8 Å². The molecule has 0 saturated carbocycles. The van der Waals surface area contributed by atoms with Gasteiger partial charge in [-0.05, 0) is 81.8 Å². The van der Waals surface area contributed by atoms with Gasteiger partial charge < -0.3 is 35.7 Å². The Morgan fingerprint density at radius 2 is 1.67 bits per heavy atom. The Morgan fingerprint density at radius 1 is 1.00 bits per heavy atom. The van der Waals surface area contributed by atoms with Crippen LogP contribution in [0.1, 0.15) is 85.3 Å². The van der Waals surface area contributed by atoms with E-state index in [1.807, 2.05) is 13.0 Å². The molecule has 0 aromatic heterocycles. The molecule has 0 aliphatic heterocycles. The average molecular weight is 757 g/mol. The number of hydrogen-bond acceptors (Lipinski definition) is 11. The number of Topliss-reactive ketones (excluding diaryl/α,β-unsaturated/α-hetero) is 1. The van der Waals surface area contributed by atoms with E-state index in [1.165, 1.54) is 58.0 Å². The number of phenolic OH excluding ortho intramolecular Hbond substituents is 1. The number of esters is 2. The van der Waals surface area contributed by atoms with E-state index in [2.05, 4.69) is 5.32 Å². The first-order valence-electron chi connectivity index (χ1n) is 19.4. The van der Waals surface area contributed by atoms with Crippen molar-refractivity contribution < 1.29 is 41.3 Å². The number of aromatic hydroxyl groups is 1. The number of aldehydes is 1. The molecule has 12 nitrogen and oxygen atoms in total. The van der Waals surface area contributed by atoms with E-state index < -0.39 is 65.0 Å². The van der Waals surface area contributed by atoms with Crippen molar-refractivity contribution in [1.82, 2.24) is 5.32 Å². The molecule has 0 aliphatic rings. The fraction of sp³-hybridized carbons (Fsp3) is 0.442. The molecule has 0 spiro atoms. The number of nitrogens with zero attached hydrogens (tertiary/aromatic N) is 1. The summed E-state index contributed by atoms with van der Waals surface area (Å²) in [5.74, 6) is -9.54. The van der Waals surface area contributed by atoms with Crippen LogP contribution in [0.2, 0.25) is 1.41 Å². The van der Waals surface area contributed by atoms with Crippen LogP contribution in [-0.4, -0.2) is 58.2 Å². The van der Waals surface area contributed by atoms with Gasteiger partial charge in [-0.15, -0.1) is 0 Å². The van der Waals surface area contributed by atoms with E-state index in [4.69, 9.17) is 16.6 Å². The molecule has 3 aromatic rings. The maximum Gasteiger partial charge on any atom is 0.328 e. The maximum absolute atomic E-state index is 15.4. The van der Waals surface area contributed by atoms with Crippen LogP contribution in [0.15, 0.2) is 78.9 Å². The Kier molecular flexibility index (Phi) is 14.9. The number of amides is 1. The summed E-state index contributed by atoms with van der Waals surface area (Å²) in [6.45, 7) is 9.51. The van der Waals surface area contributed by atoms with Crippen LogP contribution in [-0.2, 0) is 46.5 Å². The summed E-state index contributed by atoms with van der Waals surface area (Å²) in [4.78, 5) is 72.4. The van der Waals surface area contributed by atoms with Crippen LogP contribution in [0.4, 0.5) is 5.69 Å². The Labute approximate surface area is 326 Å². The van der Waals surface area contributed by atoms with Gasteiger partial charge in [0.15, 0.2) is 7.20 Å². The number of phenols is 1. The lowest BCUT2D eigenvalue weighted by Gasteiger charge is -2.44. The molecular formula is C43H54N4O8. The Balaban J connectivity index is 2.37. The second-order valence-electron chi connectivity index (χ2n) is 14.9. The zero-order valence-corrected chi connectivity index (χ0v) is 32.4. The zero-order chi connectivity index (χ0) is 42.5. The summed E-state index contributed by atoms with van der Waals surface area (Å²) in [5.41, 5.74) is 3.67. The third-order valence-corrected chi connectivity index (χ3v) is 9.07. The van der Waals surface area contributed by atoms with Crippen LogP contribution in [0.5, 0.6) is 5.75 Å². The average Bonchev–Trinajstić information content (AvgIpc) is 3.16. The summed E-state index contributed by atoms with van der Waals surface area (Å²) in [7, 11) is 0. The number of nitriles is 1. The van der Waals surface area contributed by atoms with Crippen molar-refractivity contribution in [2.45, 2.75) is 103 Å². The molecule has 0 fully saturated rings. The molecule has 294 valence electrons. The number of benzene rings is 3. The lowest BCUT2D eigenvalue weighted by molar-refractivity contribution is -0.168. The van der Waals surface area contributed by atoms with Crippen LogP contribution >= 0.6 is 0 Å². The van der Waals surface area contributed by atoms with Gasteiger partial charge in [0, 0.05) is 17.7 Å².